The van der Waals surface area contributed by atoms with Gasteiger partial charge < -0.3 is 91.3 Å². The predicted octanol–water partition coefficient (Wildman–Crippen LogP) is -8.02. The van der Waals surface area contributed by atoms with E-state index in [1.807, 2.05) is 0 Å². The first kappa shape index (κ1) is 34.3. The summed E-state index contributed by atoms with van der Waals surface area (Å²) in [4.78, 5) is 0. The van der Waals surface area contributed by atoms with E-state index in [4.69, 9.17) is 43.4 Å². The van der Waals surface area contributed by atoms with Crippen LogP contribution in [0.2, 0.25) is 0 Å². The predicted molar refractivity (Wildman–Crippen MR) is 142 cm³/mol. The van der Waals surface area contributed by atoms with Gasteiger partial charge in [-0.1, -0.05) is 0 Å². The molecular formula is C21H38N4O14S2. The zero-order valence-corrected chi connectivity index (χ0v) is 23.3. The third kappa shape index (κ3) is 8.06. The Labute approximate surface area is 244 Å². The number of rotatable bonds is 8. The summed E-state index contributed by atoms with van der Waals surface area (Å²) in [6, 6.07) is 0. The number of methoxy groups -OCH3 is 1. The highest BCUT2D eigenvalue weighted by Crippen LogP contribution is 2.23. The van der Waals surface area contributed by atoms with Crippen LogP contribution in [0.3, 0.4) is 0 Å². The second kappa shape index (κ2) is 15.0. The van der Waals surface area contributed by atoms with Crippen molar-refractivity contribution in [3.8, 4) is 0 Å². The molecule has 0 unspecified atom stereocenters. The maximum Gasteiger partial charge on any atom is 0.186 e. The first-order valence-electron chi connectivity index (χ1n) is 12.6. The van der Waals surface area contributed by atoms with Crippen LogP contribution in [0.4, 0.5) is 0 Å². The smallest absolute Gasteiger partial charge is 0.186 e. The van der Waals surface area contributed by atoms with Crippen LogP contribution in [0.1, 0.15) is 0 Å². The Kier molecular flexibility index (Phi) is 12.6. The Morgan fingerprint density at radius 2 is 0.976 bits per heavy atom. The van der Waals surface area contributed by atoms with Crippen molar-refractivity contribution in [2.45, 2.75) is 92.0 Å². The van der Waals surface area contributed by atoms with Gasteiger partial charge in [-0.05, 0) is 24.4 Å². The van der Waals surface area contributed by atoms with E-state index in [0.29, 0.717) is 0 Å². The van der Waals surface area contributed by atoms with E-state index in [0.717, 1.165) is 0 Å². The molecule has 14 N–H and O–H groups in total. The fourth-order valence-corrected chi connectivity index (χ4v) is 4.89. The second-order valence-electron chi connectivity index (χ2n) is 9.78. The molecule has 0 aromatic rings. The first-order valence-corrected chi connectivity index (χ1v) is 13.4. The number of hydrogen-bond acceptors (Lipinski definition) is 16. The van der Waals surface area contributed by atoms with Gasteiger partial charge >= 0.3 is 0 Å². The Balaban J connectivity index is 1.51. The van der Waals surface area contributed by atoms with E-state index in [1.165, 1.54) is 7.11 Å². The molecule has 0 saturated carbocycles. The zero-order valence-electron chi connectivity index (χ0n) is 21.7. The lowest BCUT2D eigenvalue weighted by Gasteiger charge is -2.42. The van der Waals surface area contributed by atoms with Crippen molar-refractivity contribution in [2.24, 2.45) is 0 Å². The normalized spacial score (nSPS) is 45.0. The van der Waals surface area contributed by atoms with Crippen LogP contribution in [0.5, 0.6) is 0 Å². The molecule has 15 atom stereocenters. The molecule has 0 amide bonds. The third-order valence-corrected chi connectivity index (χ3v) is 7.50. The van der Waals surface area contributed by atoms with E-state index in [1.54, 1.807) is 0 Å². The molecule has 20 heteroatoms. The minimum atomic E-state index is -1.68. The molecule has 3 aliphatic heterocycles. The average molecular weight is 635 g/mol. The molecule has 3 heterocycles. The minimum Gasteiger partial charge on any atom is -0.394 e. The van der Waals surface area contributed by atoms with Gasteiger partial charge in [-0.3, -0.25) is 0 Å². The van der Waals surface area contributed by atoms with E-state index < -0.39 is 98.6 Å². The van der Waals surface area contributed by atoms with Gasteiger partial charge in [-0.2, -0.15) is 0 Å². The number of hydrogen-bond donors (Lipinski definition) is 14. The molecule has 0 bridgehead atoms. The summed E-state index contributed by atoms with van der Waals surface area (Å²) in [5.41, 5.74) is 0. The van der Waals surface area contributed by atoms with E-state index in [-0.39, 0.29) is 23.3 Å². The van der Waals surface area contributed by atoms with Crippen LogP contribution >= 0.6 is 24.4 Å². The Bertz CT molecular complexity index is 880. The summed E-state index contributed by atoms with van der Waals surface area (Å²) in [5.74, 6) is 0. The molecule has 18 nitrogen and oxygen atoms in total. The third-order valence-electron chi connectivity index (χ3n) is 6.98. The van der Waals surface area contributed by atoms with Crippen molar-refractivity contribution in [3.63, 3.8) is 0 Å². The minimum absolute atomic E-state index is 0.116. The van der Waals surface area contributed by atoms with Gasteiger partial charge in [0.15, 0.2) is 29.0 Å². The Morgan fingerprint density at radius 3 is 1.41 bits per heavy atom. The molecule has 0 spiro atoms. The van der Waals surface area contributed by atoms with Crippen LogP contribution < -0.4 is 21.3 Å². The molecular weight excluding hydrogens is 596 g/mol. The van der Waals surface area contributed by atoms with Crippen molar-refractivity contribution in [1.82, 2.24) is 21.3 Å². The number of nitrogens with one attached hydrogen (secondary N) is 4. The highest BCUT2D eigenvalue weighted by molar-refractivity contribution is 7.80. The molecule has 0 aliphatic carbocycles. The van der Waals surface area contributed by atoms with Crippen molar-refractivity contribution in [1.29, 1.82) is 0 Å². The lowest BCUT2D eigenvalue weighted by Crippen LogP contribution is -2.66. The molecule has 3 saturated heterocycles. The van der Waals surface area contributed by atoms with Crippen LogP contribution in [0.15, 0.2) is 0 Å². The van der Waals surface area contributed by atoms with Gasteiger partial charge in [-0.25, -0.2) is 0 Å². The molecule has 0 aromatic carbocycles. The summed E-state index contributed by atoms with van der Waals surface area (Å²) in [6.07, 6.45) is -21.4. The number of ether oxygens (including phenoxy) is 4. The van der Waals surface area contributed by atoms with Gasteiger partial charge in [0.1, 0.15) is 73.2 Å². The second-order valence-corrected chi connectivity index (χ2v) is 10.6. The molecule has 0 radical (unpaired) electrons. The lowest BCUT2D eigenvalue weighted by molar-refractivity contribution is -0.288. The average Bonchev–Trinajstić information content (AvgIpc) is 2.95. The monoisotopic (exact) mass is 634 g/mol. The Morgan fingerprint density at radius 1 is 0.585 bits per heavy atom. The van der Waals surface area contributed by atoms with E-state index in [9.17, 15) is 51.1 Å². The van der Waals surface area contributed by atoms with Crippen LogP contribution in [0.25, 0.3) is 0 Å². The quantitative estimate of drug-likeness (QED) is 0.110. The maximum atomic E-state index is 10.4. The van der Waals surface area contributed by atoms with Gasteiger partial charge in [0.2, 0.25) is 0 Å². The van der Waals surface area contributed by atoms with E-state index in [2.05, 4.69) is 21.3 Å². The number of thiocarbonyl (C=S) groups is 2. The molecule has 3 fully saturated rings. The van der Waals surface area contributed by atoms with Crippen molar-refractivity contribution < 1.29 is 70.0 Å². The molecule has 3 aliphatic rings. The first-order chi connectivity index (χ1) is 19.3. The van der Waals surface area contributed by atoms with Crippen molar-refractivity contribution in [2.75, 3.05) is 26.8 Å². The largest absolute Gasteiger partial charge is 0.394 e. The van der Waals surface area contributed by atoms with Crippen molar-refractivity contribution >= 4 is 34.7 Å². The highest BCUT2D eigenvalue weighted by atomic mass is 32.1. The van der Waals surface area contributed by atoms with Crippen LogP contribution in [-0.4, -0.2) is 180 Å². The summed E-state index contributed by atoms with van der Waals surface area (Å²) >= 11 is 10.3. The van der Waals surface area contributed by atoms with Crippen LogP contribution in [-0.2, 0) is 18.9 Å². The fraction of sp³-hybridized carbons (Fsp3) is 0.905. The number of aliphatic hydroxyl groups is 10. The van der Waals surface area contributed by atoms with Gasteiger partial charge in [-0.15, -0.1) is 0 Å². The topological polar surface area (TPSA) is 287 Å². The zero-order chi connectivity index (χ0) is 30.6. The Hall–Kier alpha value is -1.18. The highest BCUT2D eigenvalue weighted by Gasteiger charge is 2.46. The number of aliphatic hydroxyl groups excluding tert-OH is 10. The van der Waals surface area contributed by atoms with Crippen LogP contribution in [0, 0.1) is 0 Å². The summed E-state index contributed by atoms with van der Waals surface area (Å²) in [7, 11) is 1.25. The van der Waals surface area contributed by atoms with Gasteiger partial charge in [0, 0.05) is 20.2 Å². The summed E-state index contributed by atoms with van der Waals surface area (Å²) in [5, 5.41) is 111. The molecule has 238 valence electrons. The molecule has 3 rings (SSSR count). The fourth-order valence-electron chi connectivity index (χ4n) is 4.49. The van der Waals surface area contributed by atoms with Gasteiger partial charge in [0.05, 0.1) is 6.61 Å². The van der Waals surface area contributed by atoms with E-state index >= 15 is 0 Å². The molecule has 41 heavy (non-hydrogen) atoms. The SMILES string of the molecule is CO[C@H]1O[C@H](CNC(=S)N[C@@H]2O[C@H](CNC(=S)N[C@@H]3O[C@H](CO)[C@@H](O)[C@H](O)[C@H]3O)[C@@H](O)[C@H](O)[C@H]2O)[C@@H](O)[C@H](O)[C@H]1O. The lowest BCUT2D eigenvalue weighted by atomic mass is 9.98. The van der Waals surface area contributed by atoms with Gasteiger partial charge in [0.25, 0.3) is 0 Å². The summed E-state index contributed by atoms with van der Waals surface area (Å²) in [6.45, 7) is -1.02. The van der Waals surface area contributed by atoms with Crippen molar-refractivity contribution in [3.05, 3.63) is 0 Å². The maximum absolute atomic E-state index is 10.4. The standard InChI is InChI=1S/C21H38N4O14S2/c1-36-19-16(35)13(32)9(28)6(39-19)3-23-21(41)24-17-14(33)11(30)8(27)5(37-17)2-22-20(40)25-18-15(34)12(31)10(29)7(4-26)38-18/h5-19,26-35H,2-4H2,1H3,(H2,22,25,40)(H2,23,24,41)/t5-,6-,7-,8-,9-,10-,11+,12+,13+,14-,15-,16-,17-,18-,19+/m1/s1. The summed E-state index contributed by atoms with van der Waals surface area (Å²) < 4.78 is 21.3. The molecule has 0 aromatic heterocycles.